The van der Waals surface area contributed by atoms with Crippen LogP contribution in [0.25, 0.3) is 10.9 Å². The topological polar surface area (TPSA) is 71.2 Å². The average molecular weight is 324 g/mol. The van der Waals surface area contributed by atoms with Crippen LogP contribution in [0.5, 0.6) is 0 Å². The largest absolute Gasteiger partial charge is 0.396 e. The quantitative estimate of drug-likeness (QED) is 0.808. The Hall–Kier alpha value is -1.33. The van der Waals surface area contributed by atoms with E-state index in [0.29, 0.717) is 12.1 Å². The Kier molecular flexibility index (Phi) is 3.96. The second-order valence-electron chi connectivity index (χ2n) is 5.23. The van der Waals surface area contributed by atoms with Gasteiger partial charge in [-0.3, -0.25) is 4.98 Å². The maximum Gasteiger partial charge on any atom is 0.0743 e. The summed E-state index contributed by atoms with van der Waals surface area (Å²) in [6.45, 7) is 4.20. The van der Waals surface area contributed by atoms with E-state index < -0.39 is 0 Å². The fraction of sp³-hybridized carbons (Fsp3) is 0.357. The van der Waals surface area contributed by atoms with Crippen LogP contribution >= 0.6 is 15.9 Å². The lowest BCUT2D eigenvalue weighted by Gasteiger charge is -2.28. The molecule has 0 amide bonds. The molecule has 0 unspecified atom stereocenters. The van der Waals surface area contributed by atoms with E-state index in [1.165, 1.54) is 0 Å². The van der Waals surface area contributed by atoms with Crippen molar-refractivity contribution in [3.8, 4) is 0 Å². The Morgan fingerprint density at radius 2 is 2.16 bits per heavy atom. The smallest absolute Gasteiger partial charge is 0.0743 e. The number of nitrogens with one attached hydrogen (secondary N) is 1. The molecule has 0 spiro atoms. The number of halogens is 1. The number of nitrogens with two attached hydrogens (primary N) is 1. The molecule has 0 saturated heterocycles. The van der Waals surface area contributed by atoms with Gasteiger partial charge in [0.1, 0.15) is 0 Å². The van der Waals surface area contributed by atoms with Crippen LogP contribution in [0.3, 0.4) is 0 Å². The number of rotatable bonds is 4. The maximum absolute atomic E-state index is 9.12. The van der Waals surface area contributed by atoms with Gasteiger partial charge in [0.05, 0.1) is 23.1 Å². The first-order chi connectivity index (χ1) is 8.93. The highest BCUT2D eigenvalue weighted by Gasteiger charge is 2.19. The number of benzene rings is 1. The van der Waals surface area contributed by atoms with Gasteiger partial charge < -0.3 is 16.2 Å². The lowest BCUT2D eigenvalue weighted by atomic mass is 10.00. The van der Waals surface area contributed by atoms with Gasteiger partial charge in [0.15, 0.2) is 0 Å². The molecule has 5 heteroatoms. The van der Waals surface area contributed by atoms with E-state index in [0.717, 1.165) is 21.1 Å². The summed E-state index contributed by atoms with van der Waals surface area (Å²) >= 11 is 3.47. The molecule has 0 aliphatic heterocycles. The van der Waals surface area contributed by atoms with E-state index in [1.54, 1.807) is 6.20 Å². The third-order valence-electron chi connectivity index (χ3n) is 3.06. The van der Waals surface area contributed by atoms with E-state index >= 15 is 0 Å². The standard InChI is InChI=1S/C14H18BrN3O/c1-14(2,5-6-19)18-13-10-7-9(15)3-4-12(10)17-8-11(13)16/h3-4,7-8,19H,5-6,16H2,1-2H3,(H,17,18). The zero-order chi connectivity index (χ0) is 14.0. The Balaban J connectivity index is 2.52. The van der Waals surface area contributed by atoms with Crippen LogP contribution in [0.4, 0.5) is 11.4 Å². The number of pyridine rings is 1. The van der Waals surface area contributed by atoms with E-state index in [-0.39, 0.29) is 12.1 Å². The van der Waals surface area contributed by atoms with Crippen molar-refractivity contribution in [1.29, 1.82) is 0 Å². The number of aromatic nitrogens is 1. The van der Waals surface area contributed by atoms with Crippen molar-refractivity contribution >= 4 is 38.2 Å². The molecular formula is C14H18BrN3O. The second kappa shape index (κ2) is 5.35. The van der Waals surface area contributed by atoms with Gasteiger partial charge >= 0.3 is 0 Å². The molecule has 0 fully saturated rings. The van der Waals surface area contributed by atoms with Crippen molar-refractivity contribution < 1.29 is 5.11 Å². The van der Waals surface area contributed by atoms with Crippen molar-refractivity contribution in [2.75, 3.05) is 17.7 Å². The first-order valence-corrected chi connectivity index (χ1v) is 6.95. The van der Waals surface area contributed by atoms with Gasteiger partial charge in [-0.15, -0.1) is 0 Å². The maximum atomic E-state index is 9.12. The Bertz CT molecular complexity index is 593. The number of fused-ring (bicyclic) bond motifs is 1. The van der Waals surface area contributed by atoms with Crippen LogP contribution in [0.2, 0.25) is 0 Å². The SMILES string of the molecule is CC(C)(CCO)Nc1c(N)cnc2ccc(Br)cc12. The zero-order valence-electron chi connectivity index (χ0n) is 11.1. The lowest BCUT2D eigenvalue weighted by Crippen LogP contribution is -2.32. The van der Waals surface area contributed by atoms with Gasteiger partial charge in [0, 0.05) is 22.0 Å². The summed E-state index contributed by atoms with van der Waals surface area (Å²) in [5, 5.41) is 13.5. The molecule has 0 aliphatic carbocycles. The molecule has 1 aromatic heterocycles. The van der Waals surface area contributed by atoms with Gasteiger partial charge in [-0.05, 0) is 38.5 Å². The fourth-order valence-electron chi connectivity index (χ4n) is 2.00. The van der Waals surface area contributed by atoms with Crippen molar-refractivity contribution in [2.24, 2.45) is 0 Å². The predicted molar refractivity (Wildman–Crippen MR) is 83.3 cm³/mol. The molecule has 4 N–H and O–H groups in total. The van der Waals surface area contributed by atoms with Crippen molar-refractivity contribution in [1.82, 2.24) is 4.98 Å². The van der Waals surface area contributed by atoms with Crippen LogP contribution in [0.1, 0.15) is 20.3 Å². The number of anilines is 2. The number of nitrogen functional groups attached to an aromatic ring is 1. The third-order valence-corrected chi connectivity index (χ3v) is 3.55. The number of aliphatic hydroxyl groups excluding tert-OH is 1. The number of aliphatic hydroxyl groups is 1. The number of hydrogen-bond acceptors (Lipinski definition) is 4. The van der Waals surface area contributed by atoms with E-state index in [2.05, 4.69) is 26.2 Å². The van der Waals surface area contributed by atoms with Crippen molar-refractivity contribution in [3.63, 3.8) is 0 Å². The summed E-state index contributed by atoms with van der Waals surface area (Å²) < 4.78 is 0.982. The molecule has 19 heavy (non-hydrogen) atoms. The summed E-state index contributed by atoms with van der Waals surface area (Å²) in [5.74, 6) is 0. The molecule has 0 radical (unpaired) electrons. The molecule has 4 nitrogen and oxygen atoms in total. The molecule has 1 heterocycles. The fourth-order valence-corrected chi connectivity index (χ4v) is 2.36. The molecule has 0 atom stereocenters. The van der Waals surface area contributed by atoms with Gasteiger partial charge in [-0.2, -0.15) is 0 Å². The highest BCUT2D eigenvalue weighted by molar-refractivity contribution is 9.10. The summed E-state index contributed by atoms with van der Waals surface area (Å²) in [6.07, 6.45) is 2.30. The molecule has 2 aromatic rings. The number of hydrogen-bond donors (Lipinski definition) is 3. The minimum absolute atomic E-state index is 0.132. The zero-order valence-corrected chi connectivity index (χ0v) is 12.7. The minimum Gasteiger partial charge on any atom is -0.396 e. The molecular weight excluding hydrogens is 306 g/mol. The third kappa shape index (κ3) is 3.16. The summed E-state index contributed by atoms with van der Waals surface area (Å²) in [4.78, 5) is 4.32. The first-order valence-electron chi connectivity index (χ1n) is 6.16. The Morgan fingerprint density at radius 1 is 1.42 bits per heavy atom. The summed E-state index contributed by atoms with van der Waals surface area (Å²) in [5.41, 5.74) is 8.16. The van der Waals surface area contributed by atoms with Crippen molar-refractivity contribution in [3.05, 3.63) is 28.9 Å². The molecule has 2 rings (SSSR count). The van der Waals surface area contributed by atoms with Crippen LogP contribution < -0.4 is 11.1 Å². The molecule has 0 bridgehead atoms. The van der Waals surface area contributed by atoms with E-state index in [9.17, 15) is 0 Å². The van der Waals surface area contributed by atoms with Crippen molar-refractivity contribution in [2.45, 2.75) is 25.8 Å². The highest BCUT2D eigenvalue weighted by Crippen LogP contribution is 2.32. The summed E-state index contributed by atoms with van der Waals surface area (Å²) in [7, 11) is 0. The van der Waals surface area contributed by atoms with Crippen LogP contribution in [0, 0.1) is 0 Å². The van der Waals surface area contributed by atoms with Gasteiger partial charge in [0.2, 0.25) is 0 Å². The lowest BCUT2D eigenvalue weighted by molar-refractivity contribution is 0.261. The van der Waals surface area contributed by atoms with Gasteiger partial charge in [-0.1, -0.05) is 15.9 Å². The summed E-state index contributed by atoms with van der Waals surface area (Å²) in [6, 6.07) is 5.90. The Labute approximate surface area is 121 Å². The Morgan fingerprint density at radius 3 is 2.84 bits per heavy atom. The first kappa shape index (κ1) is 14.1. The predicted octanol–water partition coefficient (Wildman–Crippen LogP) is 3.15. The van der Waals surface area contributed by atoms with Crippen LogP contribution in [-0.4, -0.2) is 22.2 Å². The van der Waals surface area contributed by atoms with Crippen LogP contribution in [-0.2, 0) is 0 Å². The molecule has 0 aliphatic rings. The molecule has 0 saturated carbocycles. The number of nitrogens with zero attached hydrogens (tertiary/aromatic N) is 1. The minimum atomic E-state index is -0.237. The molecule has 1 aromatic carbocycles. The second-order valence-corrected chi connectivity index (χ2v) is 6.15. The van der Waals surface area contributed by atoms with Crippen LogP contribution in [0.15, 0.2) is 28.9 Å². The van der Waals surface area contributed by atoms with Gasteiger partial charge in [-0.25, -0.2) is 0 Å². The van der Waals surface area contributed by atoms with E-state index in [4.69, 9.17) is 10.8 Å². The highest BCUT2D eigenvalue weighted by atomic mass is 79.9. The average Bonchev–Trinajstić information content (AvgIpc) is 2.33. The van der Waals surface area contributed by atoms with Gasteiger partial charge in [0.25, 0.3) is 0 Å². The monoisotopic (exact) mass is 323 g/mol. The molecule has 102 valence electrons. The normalized spacial score (nSPS) is 11.8. The van der Waals surface area contributed by atoms with E-state index in [1.807, 2.05) is 32.0 Å².